The summed E-state index contributed by atoms with van der Waals surface area (Å²) >= 11 is 0. The quantitative estimate of drug-likeness (QED) is 0.520. The van der Waals surface area contributed by atoms with Crippen LogP contribution < -0.4 is 24.0 Å². The average molecular weight is 286 g/mol. The van der Waals surface area contributed by atoms with Crippen LogP contribution in [0.2, 0.25) is 0 Å². The Hall–Kier alpha value is -2.42. The van der Waals surface area contributed by atoms with E-state index in [1.165, 1.54) is 10.7 Å². The number of hydrogen-bond donors (Lipinski definition) is 0. The van der Waals surface area contributed by atoms with Crippen molar-refractivity contribution in [3.8, 4) is 17.1 Å². The van der Waals surface area contributed by atoms with Crippen molar-refractivity contribution in [3.05, 3.63) is 60.2 Å². The molecular weight excluding hydrogens is 275 g/mol. The fourth-order valence-corrected chi connectivity index (χ4v) is 1.96. The SMILES string of the molecule is Cc1ccc(-n2nc(C(=O)[O-])cc2-c2ccccn2)cn1.[Li+]. The minimum absolute atomic E-state index is 0. The second-order valence-corrected chi connectivity index (χ2v) is 4.49. The summed E-state index contributed by atoms with van der Waals surface area (Å²) in [6.45, 7) is 1.87. The molecule has 0 bridgehead atoms. The molecule has 0 aliphatic carbocycles. The van der Waals surface area contributed by atoms with E-state index in [-0.39, 0.29) is 24.6 Å². The third-order valence-electron chi connectivity index (χ3n) is 2.99. The van der Waals surface area contributed by atoms with Gasteiger partial charge >= 0.3 is 18.9 Å². The number of hydrogen-bond acceptors (Lipinski definition) is 5. The number of carboxylic acids is 1. The van der Waals surface area contributed by atoms with E-state index in [9.17, 15) is 9.90 Å². The van der Waals surface area contributed by atoms with E-state index in [2.05, 4.69) is 15.1 Å². The van der Waals surface area contributed by atoms with E-state index in [0.717, 1.165) is 5.69 Å². The molecule has 3 aromatic rings. The van der Waals surface area contributed by atoms with Gasteiger partial charge in [-0.1, -0.05) is 6.07 Å². The number of carbonyl (C=O) groups excluding carboxylic acids is 1. The summed E-state index contributed by atoms with van der Waals surface area (Å²) in [6, 6.07) is 10.5. The van der Waals surface area contributed by atoms with Crippen LogP contribution in [0.1, 0.15) is 16.2 Å². The van der Waals surface area contributed by atoms with Crippen LogP contribution >= 0.6 is 0 Å². The van der Waals surface area contributed by atoms with Crippen molar-refractivity contribution in [1.82, 2.24) is 19.7 Å². The summed E-state index contributed by atoms with van der Waals surface area (Å²) in [5, 5.41) is 15.1. The third kappa shape index (κ3) is 3.08. The van der Waals surface area contributed by atoms with Crippen LogP contribution in [0.5, 0.6) is 0 Å². The molecule has 0 aromatic carbocycles. The minimum Gasteiger partial charge on any atom is -0.543 e. The largest absolute Gasteiger partial charge is 1.00 e. The maximum atomic E-state index is 11.1. The number of carbonyl (C=O) groups is 1. The number of rotatable bonds is 3. The molecule has 22 heavy (non-hydrogen) atoms. The van der Waals surface area contributed by atoms with Crippen molar-refractivity contribution < 1.29 is 28.8 Å². The molecule has 0 saturated heterocycles. The maximum Gasteiger partial charge on any atom is 1.00 e. The van der Waals surface area contributed by atoms with Crippen molar-refractivity contribution in [2.45, 2.75) is 6.92 Å². The molecule has 0 amide bonds. The Labute approximate surface area is 139 Å². The molecule has 0 saturated carbocycles. The van der Waals surface area contributed by atoms with E-state index < -0.39 is 5.97 Å². The van der Waals surface area contributed by atoms with Crippen molar-refractivity contribution in [1.29, 1.82) is 0 Å². The fourth-order valence-electron chi connectivity index (χ4n) is 1.96. The van der Waals surface area contributed by atoms with Gasteiger partial charge in [0, 0.05) is 11.9 Å². The predicted octanol–water partition coefficient (Wildman–Crippen LogP) is -1.99. The van der Waals surface area contributed by atoms with E-state index in [1.807, 2.05) is 25.1 Å². The maximum absolute atomic E-state index is 11.1. The summed E-state index contributed by atoms with van der Waals surface area (Å²) in [5.74, 6) is -1.33. The van der Waals surface area contributed by atoms with Gasteiger partial charge in [-0.15, -0.1) is 0 Å². The van der Waals surface area contributed by atoms with Gasteiger partial charge in [0.05, 0.1) is 29.2 Å². The van der Waals surface area contributed by atoms with Gasteiger partial charge in [-0.2, -0.15) is 5.10 Å². The molecular formula is C15H11LiN4O2. The second kappa shape index (κ2) is 6.56. The molecule has 0 radical (unpaired) electrons. The van der Waals surface area contributed by atoms with Crippen molar-refractivity contribution in [2.24, 2.45) is 0 Å². The van der Waals surface area contributed by atoms with Crippen molar-refractivity contribution >= 4 is 5.97 Å². The molecule has 3 heterocycles. The zero-order chi connectivity index (χ0) is 14.8. The van der Waals surface area contributed by atoms with Gasteiger partial charge in [0.15, 0.2) is 0 Å². The van der Waals surface area contributed by atoms with Crippen LogP contribution in [0.3, 0.4) is 0 Å². The molecule has 0 N–H and O–H groups in total. The molecule has 104 valence electrons. The number of aryl methyl sites for hydroxylation is 1. The number of aromatic nitrogens is 4. The third-order valence-corrected chi connectivity index (χ3v) is 2.99. The van der Waals surface area contributed by atoms with E-state index in [0.29, 0.717) is 17.1 Å². The first-order valence-electron chi connectivity index (χ1n) is 6.31. The van der Waals surface area contributed by atoms with Gasteiger partial charge in [-0.3, -0.25) is 9.97 Å². The van der Waals surface area contributed by atoms with E-state index in [1.54, 1.807) is 24.5 Å². The number of nitrogens with zero attached hydrogens (tertiary/aromatic N) is 4. The van der Waals surface area contributed by atoms with Crippen molar-refractivity contribution in [3.63, 3.8) is 0 Å². The predicted molar refractivity (Wildman–Crippen MR) is 73.7 cm³/mol. The molecule has 0 atom stereocenters. The van der Waals surface area contributed by atoms with E-state index in [4.69, 9.17) is 0 Å². The standard InChI is InChI=1S/C15H12N4O2.Li/c1-10-5-6-11(9-17-10)19-14(8-13(18-19)15(20)21)12-4-2-3-7-16-12;/h2-9H,1H3,(H,20,21);/q;+1/p-1. The number of pyridine rings is 2. The Morgan fingerprint density at radius 1 is 1.18 bits per heavy atom. The fraction of sp³-hybridized carbons (Fsp3) is 0.0667. The molecule has 0 unspecified atom stereocenters. The summed E-state index contributed by atoms with van der Waals surface area (Å²) in [4.78, 5) is 19.5. The van der Waals surface area contributed by atoms with E-state index >= 15 is 0 Å². The number of carboxylic acid groups (broad SMARTS) is 1. The first-order chi connectivity index (χ1) is 10.1. The average Bonchev–Trinajstić information content (AvgIpc) is 2.94. The first-order valence-corrected chi connectivity index (χ1v) is 6.31. The Morgan fingerprint density at radius 3 is 2.59 bits per heavy atom. The molecule has 6 nitrogen and oxygen atoms in total. The minimum atomic E-state index is -1.33. The van der Waals surface area contributed by atoms with Gasteiger partial charge in [0.1, 0.15) is 5.69 Å². The van der Waals surface area contributed by atoms with Gasteiger partial charge in [0.25, 0.3) is 0 Å². The summed E-state index contributed by atoms with van der Waals surface area (Å²) in [6.07, 6.45) is 3.27. The normalized spacial score (nSPS) is 10.0. The summed E-state index contributed by atoms with van der Waals surface area (Å²) in [5.41, 5.74) is 2.58. The molecule has 0 aliphatic rings. The molecule has 0 spiro atoms. The zero-order valence-electron chi connectivity index (χ0n) is 12.2. The monoisotopic (exact) mass is 286 g/mol. The first kappa shape index (κ1) is 16.0. The van der Waals surface area contributed by atoms with Gasteiger partial charge in [-0.05, 0) is 37.3 Å². The second-order valence-electron chi connectivity index (χ2n) is 4.49. The van der Waals surface area contributed by atoms with Gasteiger partial charge in [-0.25, -0.2) is 4.68 Å². The smallest absolute Gasteiger partial charge is 0.543 e. The van der Waals surface area contributed by atoms with Crippen LogP contribution in [0.4, 0.5) is 0 Å². The Bertz CT molecular complexity index is 785. The Kier molecular flexibility index (Phi) is 4.76. The molecule has 3 aromatic heterocycles. The number of aromatic carboxylic acids is 1. The van der Waals surface area contributed by atoms with Crippen molar-refractivity contribution in [2.75, 3.05) is 0 Å². The molecule has 0 aliphatic heterocycles. The summed E-state index contributed by atoms with van der Waals surface area (Å²) < 4.78 is 1.50. The van der Waals surface area contributed by atoms with Crippen LogP contribution in [0.25, 0.3) is 17.1 Å². The van der Waals surface area contributed by atoms with Crippen LogP contribution in [0, 0.1) is 6.92 Å². The molecule has 0 fully saturated rings. The van der Waals surface area contributed by atoms with Crippen LogP contribution in [0.15, 0.2) is 48.8 Å². The molecule has 3 rings (SSSR count). The molecule has 7 heteroatoms. The Morgan fingerprint density at radius 2 is 2.00 bits per heavy atom. The van der Waals surface area contributed by atoms with Crippen LogP contribution in [-0.4, -0.2) is 25.7 Å². The van der Waals surface area contributed by atoms with Gasteiger partial charge < -0.3 is 9.90 Å². The van der Waals surface area contributed by atoms with Crippen LogP contribution in [-0.2, 0) is 0 Å². The zero-order valence-corrected chi connectivity index (χ0v) is 12.2. The summed E-state index contributed by atoms with van der Waals surface area (Å²) in [7, 11) is 0. The Balaban J connectivity index is 0.00000176. The van der Waals surface area contributed by atoms with Gasteiger partial charge in [0.2, 0.25) is 0 Å². The topological polar surface area (TPSA) is 83.7 Å².